The van der Waals surface area contributed by atoms with Crippen molar-refractivity contribution in [2.45, 2.75) is 52.6 Å². The van der Waals surface area contributed by atoms with Crippen LogP contribution in [0.5, 0.6) is 0 Å². The van der Waals surface area contributed by atoms with Gasteiger partial charge < -0.3 is 9.47 Å². The van der Waals surface area contributed by atoms with Crippen molar-refractivity contribution in [3.05, 3.63) is 29.5 Å². The van der Waals surface area contributed by atoms with Crippen LogP contribution in [0.4, 0.5) is 10.2 Å². The summed E-state index contributed by atoms with van der Waals surface area (Å²) in [6.07, 6.45) is 1.99. The van der Waals surface area contributed by atoms with E-state index in [-0.39, 0.29) is 11.9 Å². The van der Waals surface area contributed by atoms with Crippen LogP contribution in [-0.4, -0.2) is 31.3 Å². The molecule has 2 aromatic rings. The predicted octanol–water partition coefficient (Wildman–Crippen LogP) is 2.47. The number of rotatable bonds is 3. The first kappa shape index (κ1) is 14.9. The van der Waals surface area contributed by atoms with Gasteiger partial charge in [0.2, 0.25) is 0 Å². The average molecular weight is 304 g/mol. The van der Waals surface area contributed by atoms with E-state index in [1.807, 2.05) is 18.7 Å². The lowest BCUT2D eigenvalue weighted by Gasteiger charge is -2.35. The largest absolute Gasteiger partial charge is 0.342 e. The van der Waals surface area contributed by atoms with Gasteiger partial charge in [0.05, 0.1) is 11.7 Å². The highest BCUT2D eigenvalue weighted by atomic mass is 19.1. The van der Waals surface area contributed by atoms with Crippen LogP contribution in [0, 0.1) is 5.82 Å². The average Bonchev–Trinajstić information content (AvgIpc) is 2.93. The smallest absolute Gasteiger partial charge is 0.187 e. The van der Waals surface area contributed by atoms with Crippen LogP contribution in [0.3, 0.4) is 0 Å². The number of aromatic nitrogens is 5. The zero-order valence-electron chi connectivity index (χ0n) is 13.4. The quantitative estimate of drug-likeness (QED) is 0.872. The lowest BCUT2D eigenvalue weighted by Crippen LogP contribution is -2.39. The molecule has 0 aliphatic carbocycles. The molecule has 1 unspecified atom stereocenters. The lowest BCUT2D eigenvalue weighted by atomic mass is 10.1. The van der Waals surface area contributed by atoms with Gasteiger partial charge in [0, 0.05) is 19.0 Å². The van der Waals surface area contributed by atoms with Gasteiger partial charge in [-0.25, -0.2) is 14.4 Å². The van der Waals surface area contributed by atoms with Gasteiger partial charge in [0.15, 0.2) is 17.5 Å². The molecule has 1 aliphatic heterocycles. The van der Waals surface area contributed by atoms with E-state index in [9.17, 15) is 4.39 Å². The number of hydrogen-bond acceptors (Lipinski definition) is 5. The fraction of sp³-hybridized carbons (Fsp3) is 0.600. The molecule has 3 rings (SSSR count). The third kappa shape index (κ3) is 2.24. The number of halogens is 1. The molecule has 0 spiro atoms. The topological polar surface area (TPSA) is 59.7 Å². The van der Waals surface area contributed by atoms with Gasteiger partial charge in [-0.15, -0.1) is 10.2 Å². The Bertz CT molecular complexity index is 681. The summed E-state index contributed by atoms with van der Waals surface area (Å²) in [5.74, 6) is 2.21. The molecule has 0 amide bonds. The van der Waals surface area contributed by atoms with Gasteiger partial charge in [-0.2, -0.15) is 0 Å². The van der Waals surface area contributed by atoms with Crippen molar-refractivity contribution in [3.8, 4) is 0 Å². The van der Waals surface area contributed by atoms with Crippen LogP contribution < -0.4 is 4.90 Å². The van der Waals surface area contributed by atoms with Crippen LogP contribution in [-0.2, 0) is 13.0 Å². The van der Waals surface area contributed by atoms with Crippen LogP contribution in [0.1, 0.15) is 57.0 Å². The van der Waals surface area contributed by atoms with E-state index in [4.69, 9.17) is 0 Å². The standard InChI is InChI=1S/C15H21FN6/c1-5-11-12(16)15(18-8-17-11)21-6-7-22-13(9(2)3)19-20-14(22)10(21)4/h8-10H,5-7H2,1-4H3. The van der Waals surface area contributed by atoms with Gasteiger partial charge in [-0.3, -0.25) is 0 Å². The van der Waals surface area contributed by atoms with Crippen LogP contribution in [0.15, 0.2) is 6.33 Å². The molecule has 0 fully saturated rings. The van der Waals surface area contributed by atoms with Crippen molar-refractivity contribution >= 4 is 5.82 Å². The van der Waals surface area contributed by atoms with Crippen molar-refractivity contribution in [1.29, 1.82) is 0 Å². The van der Waals surface area contributed by atoms with Crippen molar-refractivity contribution < 1.29 is 4.39 Å². The minimum atomic E-state index is -0.325. The molecule has 0 aromatic carbocycles. The first-order valence-electron chi connectivity index (χ1n) is 7.73. The zero-order valence-corrected chi connectivity index (χ0v) is 13.4. The minimum absolute atomic E-state index is 0.0668. The summed E-state index contributed by atoms with van der Waals surface area (Å²) in [6, 6.07) is -0.0668. The van der Waals surface area contributed by atoms with Gasteiger partial charge in [-0.1, -0.05) is 20.8 Å². The van der Waals surface area contributed by atoms with E-state index in [0.717, 1.165) is 18.2 Å². The SMILES string of the molecule is CCc1ncnc(N2CCn3c(C(C)C)nnc3C2C)c1F. The second kappa shape index (κ2) is 5.62. The summed E-state index contributed by atoms with van der Waals surface area (Å²) >= 11 is 0. The maximum Gasteiger partial charge on any atom is 0.187 e. The number of anilines is 1. The summed E-state index contributed by atoms with van der Waals surface area (Å²) in [7, 11) is 0. The summed E-state index contributed by atoms with van der Waals surface area (Å²) in [5.41, 5.74) is 0.451. The summed E-state index contributed by atoms with van der Waals surface area (Å²) < 4.78 is 16.7. The molecule has 0 saturated heterocycles. The van der Waals surface area contributed by atoms with Crippen molar-refractivity contribution in [1.82, 2.24) is 24.7 Å². The van der Waals surface area contributed by atoms with Gasteiger partial charge >= 0.3 is 0 Å². The summed E-state index contributed by atoms with van der Waals surface area (Å²) in [4.78, 5) is 10.1. The predicted molar refractivity (Wildman–Crippen MR) is 81.2 cm³/mol. The lowest BCUT2D eigenvalue weighted by molar-refractivity contribution is 0.465. The van der Waals surface area contributed by atoms with E-state index in [1.165, 1.54) is 6.33 Å². The summed E-state index contributed by atoms with van der Waals surface area (Å²) in [6.45, 7) is 9.53. The first-order chi connectivity index (χ1) is 10.5. The van der Waals surface area contributed by atoms with Crippen molar-refractivity contribution in [3.63, 3.8) is 0 Å². The Morgan fingerprint density at radius 2 is 2.05 bits per heavy atom. The Balaban J connectivity index is 1.98. The molecule has 0 N–H and O–H groups in total. The maximum absolute atomic E-state index is 14.5. The van der Waals surface area contributed by atoms with E-state index in [2.05, 4.69) is 38.6 Å². The molecule has 0 radical (unpaired) electrons. The maximum atomic E-state index is 14.5. The van der Waals surface area contributed by atoms with Gasteiger partial charge in [0.25, 0.3) is 0 Å². The fourth-order valence-corrected chi connectivity index (χ4v) is 2.97. The molecule has 3 heterocycles. The van der Waals surface area contributed by atoms with E-state index in [0.29, 0.717) is 30.4 Å². The normalized spacial score (nSPS) is 17.9. The van der Waals surface area contributed by atoms with Crippen molar-refractivity contribution in [2.24, 2.45) is 0 Å². The highest BCUT2D eigenvalue weighted by molar-refractivity contribution is 5.44. The number of nitrogens with zero attached hydrogens (tertiary/aromatic N) is 6. The van der Waals surface area contributed by atoms with Gasteiger partial charge in [-0.05, 0) is 13.3 Å². The number of fused-ring (bicyclic) bond motifs is 1. The van der Waals surface area contributed by atoms with E-state index >= 15 is 0 Å². The molecule has 2 aromatic heterocycles. The molecular formula is C15H21FN6. The van der Waals surface area contributed by atoms with E-state index < -0.39 is 0 Å². The van der Waals surface area contributed by atoms with Gasteiger partial charge in [0.1, 0.15) is 12.2 Å². The minimum Gasteiger partial charge on any atom is -0.342 e. The van der Waals surface area contributed by atoms with Crippen LogP contribution in [0.2, 0.25) is 0 Å². The zero-order chi connectivity index (χ0) is 15.9. The third-order valence-electron chi connectivity index (χ3n) is 4.18. The number of aryl methyl sites for hydroxylation is 1. The summed E-state index contributed by atoms with van der Waals surface area (Å²) in [5, 5.41) is 8.60. The Hall–Kier alpha value is -2.05. The fourth-order valence-electron chi connectivity index (χ4n) is 2.97. The molecule has 0 bridgehead atoms. The Labute approximate surface area is 129 Å². The second-order valence-corrected chi connectivity index (χ2v) is 5.90. The highest BCUT2D eigenvalue weighted by Crippen LogP contribution is 2.31. The molecule has 1 aliphatic rings. The van der Waals surface area contributed by atoms with E-state index in [1.54, 1.807) is 0 Å². The molecule has 7 heteroatoms. The number of hydrogen-bond donors (Lipinski definition) is 0. The highest BCUT2D eigenvalue weighted by Gasteiger charge is 2.31. The molecule has 22 heavy (non-hydrogen) atoms. The molecule has 6 nitrogen and oxygen atoms in total. The molecule has 118 valence electrons. The Morgan fingerprint density at radius 3 is 2.73 bits per heavy atom. The third-order valence-corrected chi connectivity index (χ3v) is 4.18. The van der Waals surface area contributed by atoms with Crippen LogP contribution in [0.25, 0.3) is 0 Å². The second-order valence-electron chi connectivity index (χ2n) is 5.90. The molecule has 1 atom stereocenters. The Kier molecular flexibility index (Phi) is 3.80. The molecular weight excluding hydrogens is 283 g/mol. The monoisotopic (exact) mass is 304 g/mol. The van der Waals surface area contributed by atoms with Crippen LogP contribution >= 0.6 is 0 Å². The first-order valence-corrected chi connectivity index (χ1v) is 7.73. The van der Waals surface area contributed by atoms with Crippen molar-refractivity contribution in [2.75, 3.05) is 11.4 Å². The molecule has 0 saturated carbocycles. The Morgan fingerprint density at radius 1 is 1.27 bits per heavy atom.